The third-order valence-electron chi connectivity index (χ3n) is 4.51. The normalized spacial score (nSPS) is 14.9. The van der Waals surface area contributed by atoms with Gasteiger partial charge in [0.25, 0.3) is 11.5 Å². The number of hydrogen-bond donors (Lipinski definition) is 1. The van der Waals surface area contributed by atoms with Crippen molar-refractivity contribution >= 4 is 28.1 Å². The minimum atomic E-state index is -1.30. The summed E-state index contributed by atoms with van der Waals surface area (Å²) in [6.07, 6.45) is 7.21. The Kier molecular flexibility index (Phi) is 4.75. The van der Waals surface area contributed by atoms with Gasteiger partial charge in [0.1, 0.15) is 11.9 Å². The Bertz CT molecular complexity index is 1050. The maximum Gasteiger partial charge on any atom is 0.265 e. The van der Waals surface area contributed by atoms with Gasteiger partial charge in [0.2, 0.25) is 0 Å². The highest BCUT2D eigenvalue weighted by Crippen LogP contribution is 2.35. The monoisotopic (exact) mass is 384 g/mol. The van der Waals surface area contributed by atoms with Crippen LogP contribution in [0.25, 0.3) is 22.0 Å². The first-order chi connectivity index (χ1) is 13.0. The van der Waals surface area contributed by atoms with E-state index in [1.54, 1.807) is 25.5 Å². The second-order valence-electron chi connectivity index (χ2n) is 6.72. The lowest BCUT2D eigenvalue weighted by atomic mass is 10.0. The van der Waals surface area contributed by atoms with Crippen LogP contribution in [-0.2, 0) is 18.4 Å². The van der Waals surface area contributed by atoms with Gasteiger partial charge in [-0.05, 0) is 30.2 Å². The number of fused-ring (bicyclic) bond motifs is 1. The first-order valence-corrected chi connectivity index (χ1v) is 10.3. The van der Waals surface area contributed by atoms with Crippen LogP contribution in [0.15, 0.2) is 41.5 Å². The Morgan fingerprint density at radius 1 is 1.33 bits per heavy atom. The molecule has 4 rings (SSSR count). The number of pyridine rings is 1. The summed E-state index contributed by atoms with van der Waals surface area (Å²) >= 11 is -1.30. The highest BCUT2D eigenvalue weighted by atomic mass is 32.2. The van der Waals surface area contributed by atoms with Crippen molar-refractivity contribution in [2.75, 3.05) is 17.6 Å². The number of benzene rings is 1. The first kappa shape index (κ1) is 17.8. The van der Waals surface area contributed by atoms with E-state index >= 15 is 0 Å². The number of nitrogens with zero attached hydrogens (tertiary/aromatic N) is 3. The highest BCUT2D eigenvalue weighted by Gasteiger charge is 2.24. The molecular weight excluding hydrogens is 364 g/mol. The first-order valence-electron chi connectivity index (χ1n) is 8.71. The number of hydrogen-bond acceptors (Lipinski definition) is 6. The van der Waals surface area contributed by atoms with E-state index in [2.05, 4.69) is 14.7 Å². The van der Waals surface area contributed by atoms with Gasteiger partial charge in [-0.25, -0.2) is 9.97 Å². The minimum Gasteiger partial charge on any atom is -0.593 e. The topological polar surface area (TPSA) is 92.1 Å². The fourth-order valence-electron chi connectivity index (χ4n) is 2.94. The van der Waals surface area contributed by atoms with Gasteiger partial charge in [-0.2, -0.15) is 4.72 Å². The van der Waals surface area contributed by atoms with Crippen LogP contribution in [0.3, 0.4) is 0 Å². The van der Waals surface area contributed by atoms with E-state index in [1.165, 1.54) is 23.7 Å². The van der Waals surface area contributed by atoms with Gasteiger partial charge in [0.15, 0.2) is 5.75 Å². The van der Waals surface area contributed by atoms with Crippen LogP contribution in [0.4, 0.5) is 5.95 Å². The van der Waals surface area contributed by atoms with Gasteiger partial charge in [-0.15, -0.1) is 0 Å². The fraction of sp³-hybridized carbons (Fsp3) is 0.316. The Labute approximate surface area is 159 Å². The Hall–Kier alpha value is -2.58. The third-order valence-corrected chi connectivity index (χ3v) is 4.98. The molecule has 0 aliphatic heterocycles. The molecule has 8 heteroatoms. The predicted molar refractivity (Wildman–Crippen MR) is 106 cm³/mol. The molecule has 1 aliphatic carbocycles. The number of anilines is 1. The molecule has 1 fully saturated rings. The lowest BCUT2D eigenvalue weighted by molar-refractivity contribution is 0.299. The molecule has 2 aromatic heterocycles. The maximum atomic E-state index is 12.5. The summed E-state index contributed by atoms with van der Waals surface area (Å²) in [6, 6.07) is 7.42. The average molecular weight is 384 g/mol. The van der Waals surface area contributed by atoms with E-state index in [0.29, 0.717) is 29.4 Å². The van der Waals surface area contributed by atoms with Crippen molar-refractivity contribution in [1.82, 2.24) is 14.5 Å². The largest absolute Gasteiger partial charge is 0.593 e. The van der Waals surface area contributed by atoms with Gasteiger partial charge >= 0.3 is 0 Å². The molecule has 27 heavy (non-hydrogen) atoms. The molecule has 140 valence electrons. The Balaban J connectivity index is 1.88. The second-order valence-corrected chi connectivity index (χ2v) is 7.83. The molecule has 0 saturated heterocycles. The van der Waals surface area contributed by atoms with Gasteiger partial charge in [-0.1, -0.05) is 18.2 Å². The minimum absolute atomic E-state index is 0.0723. The number of rotatable bonds is 6. The van der Waals surface area contributed by atoms with Gasteiger partial charge in [0.05, 0.1) is 24.2 Å². The molecule has 2 heterocycles. The lowest BCUT2D eigenvalue weighted by Gasteiger charge is -2.15. The fourth-order valence-corrected chi connectivity index (χ4v) is 3.30. The van der Waals surface area contributed by atoms with Crippen LogP contribution >= 0.6 is 0 Å². The van der Waals surface area contributed by atoms with Crippen LogP contribution in [0.1, 0.15) is 12.8 Å². The third kappa shape index (κ3) is 3.77. The van der Waals surface area contributed by atoms with E-state index in [9.17, 15) is 9.35 Å². The molecule has 0 radical (unpaired) electrons. The van der Waals surface area contributed by atoms with Crippen molar-refractivity contribution in [3.8, 4) is 17.0 Å². The highest BCUT2D eigenvalue weighted by molar-refractivity contribution is 7.91. The Morgan fingerprint density at radius 2 is 2.07 bits per heavy atom. The van der Waals surface area contributed by atoms with E-state index in [4.69, 9.17) is 4.74 Å². The van der Waals surface area contributed by atoms with Crippen molar-refractivity contribution in [1.29, 1.82) is 0 Å². The predicted octanol–water partition coefficient (Wildman–Crippen LogP) is 2.49. The van der Waals surface area contributed by atoms with Gasteiger partial charge < -0.3 is 13.9 Å². The molecule has 3 aromatic rings. The van der Waals surface area contributed by atoms with Gasteiger partial charge in [-0.3, -0.25) is 4.79 Å². The molecule has 1 unspecified atom stereocenters. The van der Waals surface area contributed by atoms with Crippen molar-refractivity contribution in [3.63, 3.8) is 0 Å². The molecule has 1 atom stereocenters. The van der Waals surface area contributed by atoms with E-state index in [1.807, 2.05) is 18.2 Å². The molecular formula is C19H20N4O3S. The van der Waals surface area contributed by atoms with Crippen molar-refractivity contribution in [3.05, 3.63) is 47.0 Å². The van der Waals surface area contributed by atoms with Crippen molar-refractivity contribution in [2.24, 2.45) is 13.0 Å². The summed E-state index contributed by atoms with van der Waals surface area (Å²) in [6.45, 7) is 0.618. The second kappa shape index (κ2) is 7.21. The van der Waals surface area contributed by atoms with Crippen LogP contribution < -0.4 is 15.0 Å². The van der Waals surface area contributed by atoms with Crippen molar-refractivity contribution < 1.29 is 9.29 Å². The summed E-state index contributed by atoms with van der Waals surface area (Å²) in [7, 11) is 1.71. The number of aromatic nitrogens is 3. The summed E-state index contributed by atoms with van der Waals surface area (Å²) < 4.78 is 21.8. The summed E-state index contributed by atoms with van der Waals surface area (Å²) in [5.74, 6) is 1.39. The molecule has 0 amide bonds. The quantitative estimate of drug-likeness (QED) is 0.657. The lowest BCUT2D eigenvalue weighted by Crippen LogP contribution is -2.17. The maximum absolute atomic E-state index is 12.5. The van der Waals surface area contributed by atoms with Crippen LogP contribution in [0.2, 0.25) is 0 Å². The van der Waals surface area contributed by atoms with Crippen molar-refractivity contribution in [2.45, 2.75) is 12.8 Å². The SMILES string of the molecule is Cn1cc(-c2nc(N[S+](C)[O-])ncc2OCC2CC2)c2ccccc2c1=O. The zero-order valence-electron chi connectivity index (χ0n) is 15.1. The molecule has 1 saturated carbocycles. The summed E-state index contributed by atoms with van der Waals surface area (Å²) in [5.41, 5.74) is 1.27. The van der Waals surface area contributed by atoms with E-state index < -0.39 is 11.4 Å². The van der Waals surface area contributed by atoms with Gasteiger partial charge in [0, 0.05) is 24.2 Å². The zero-order valence-corrected chi connectivity index (χ0v) is 16.0. The molecule has 1 N–H and O–H groups in total. The standard InChI is InChI=1S/C19H20N4O3S/c1-23-10-15(13-5-3-4-6-14(13)18(23)24)17-16(26-11-12-7-8-12)9-20-19(21-17)22-27(2)25/h3-6,9-10,12H,7-8,11H2,1-2H3,(H,20,21,22). The molecule has 0 spiro atoms. The van der Waals surface area contributed by atoms with E-state index in [0.717, 1.165) is 10.9 Å². The van der Waals surface area contributed by atoms with Crippen LogP contribution in [0, 0.1) is 5.92 Å². The smallest absolute Gasteiger partial charge is 0.265 e. The number of aryl methyl sites for hydroxylation is 1. The summed E-state index contributed by atoms with van der Waals surface area (Å²) in [5, 5.41) is 1.40. The molecule has 0 bridgehead atoms. The molecule has 1 aliphatic rings. The molecule has 7 nitrogen and oxygen atoms in total. The zero-order chi connectivity index (χ0) is 19.0. The van der Waals surface area contributed by atoms with Crippen LogP contribution in [-0.4, -0.2) is 32.0 Å². The Morgan fingerprint density at radius 3 is 2.78 bits per heavy atom. The number of ether oxygens (including phenoxy) is 1. The molecule has 1 aromatic carbocycles. The van der Waals surface area contributed by atoms with E-state index in [-0.39, 0.29) is 11.5 Å². The van der Waals surface area contributed by atoms with Crippen LogP contribution in [0.5, 0.6) is 5.75 Å². The number of nitrogens with one attached hydrogen (secondary N) is 1. The average Bonchev–Trinajstić information content (AvgIpc) is 3.47. The summed E-state index contributed by atoms with van der Waals surface area (Å²) in [4.78, 5) is 21.2.